The lowest BCUT2D eigenvalue weighted by molar-refractivity contribution is 0.371. The number of hydrogen-bond acceptors (Lipinski definition) is 4. The molecular weight excluding hydrogens is 340 g/mol. The summed E-state index contributed by atoms with van der Waals surface area (Å²) < 4.78 is 0. The van der Waals surface area contributed by atoms with Crippen molar-refractivity contribution < 1.29 is 20.4 Å². The molecule has 0 amide bonds. The quantitative estimate of drug-likeness (QED) is 0.185. The second-order valence-electron chi connectivity index (χ2n) is 6.86. The lowest BCUT2D eigenvalue weighted by atomic mass is 9.89. The Morgan fingerprint density at radius 2 is 1.07 bits per heavy atom. The Kier molecular flexibility index (Phi) is 2.99. The topological polar surface area (TPSA) is 80.9 Å². The van der Waals surface area contributed by atoms with Gasteiger partial charge in [-0.2, -0.15) is 0 Å². The molecule has 0 fully saturated rings. The van der Waals surface area contributed by atoms with Crippen molar-refractivity contribution >= 4 is 32.3 Å². The summed E-state index contributed by atoms with van der Waals surface area (Å²) in [6.45, 7) is 1.43. The van der Waals surface area contributed by atoms with Crippen molar-refractivity contribution in [3.63, 3.8) is 0 Å². The molecule has 0 aliphatic rings. The van der Waals surface area contributed by atoms with E-state index in [1.54, 1.807) is 6.07 Å². The first-order chi connectivity index (χ1) is 13.0. The zero-order valence-corrected chi connectivity index (χ0v) is 14.5. The number of phenols is 4. The molecule has 5 rings (SSSR count). The highest BCUT2D eigenvalue weighted by atomic mass is 16.3. The molecule has 0 bridgehead atoms. The van der Waals surface area contributed by atoms with Crippen LogP contribution in [-0.4, -0.2) is 20.4 Å². The van der Waals surface area contributed by atoms with Crippen LogP contribution in [0.15, 0.2) is 54.6 Å². The van der Waals surface area contributed by atoms with Crippen LogP contribution in [-0.2, 0) is 0 Å². The third-order valence-electron chi connectivity index (χ3n) is 5.43. The molecule has 5 aromatic carbocycles. The molecule has 0 atom stereocenters. The van der Waals surface area contributed by atoms with Crippen molar-refractivity contribution in [2.75, 3.05) is 0 Å². The summed E-state index contributed by atoms with van der Waals surface area (Å²) in [5.41, 5.74) is 0.598. The Bertz CT molecular complexity index is 1320. The summed E-state index contributed by atoms with van der Waals surface area (Å²) in [6.07, 6.45) is 0. The fourth-order valence-corrected chi connectivity index (χ4v) is 4.02. The zero-order valence-electron chi connectivity index (χ0n) is 14.5. The van der Waals surface area contributed by atoms with Gasteiger partial charge in [-0.05, 0) is 44.8 Å². The Hall–Kier alpha value is -3.66. The lowest BCUT2D eigenvalue weighted by Gasteiger charge is -2.17. The van der Waals surface area contributed by atoms with Gasteiger partial charge in [-0.3, -0.25) is 0 Å². The van der Waals surface area contributed by atoms with Gasteiger partial charge in [0.15, 0.2) is 23.0 Å². The summed E-state index contributed by atoms with van der Waals surface area (Å²) in [7, 11) is 0. The molecule has 0 saturated heterocycles. The van der Waals surface area contributed by atoms with Crippen molar-refractivity contribution in [1.29, 1.82) is 0 Å². The molecule has 5 aromatic rings. The minimum Gasteiger partial charge on any atom is -0.504 e. The predicted octanol–water partition coefficient (Wildman–Crippen LogP) is 5.38. The van der Waals surface area contributed by atoms with E-state index in [0.29, 0.717) is 5.56 Å². The standard InChI is InChI=1S/C23H16O4/c1-11-20(24)22(26)19(23(27)21(11)25)16-10-8-14-6-5-12-3-2-4-13-7-9-15(16)18(14)17(12)13/h2-10,24-27H,1H3. The van der Waals surface area contributed by atoms with Crippen LogP contribution in [0.5, 0.6) is 23.0 Å². The summed E-state index contributed by atoms with van der Waals surface area (Å²) in [4.78, 5) is 0. The smallest absolute Gasteiger partial charge is 0.169 e. The van der Waals surface area contributed by atoms with Gasteiger partial charge in [0, 0.05) is 5.56 Å². The third-order valence-corrected chi connectivity index (χ3v) is 5.43. The third kappa shape index (κ3) is 1.92. The van der Waals surface area contributed by atoms with Gasteiger partial charge in [0.2, 0.25) is 0 Å². The van der Waals surface area contributed by atoms with E-state index in [1.807, 2.05) is 42.5 Å². The second-order valence-corrected chi connectivity index (χ2v) is 6.86. The molecule has 0 aromatic heterocycles. The van der Waals surface area contributed by atoms with Crippen LogP contribution in [0.25, 0.3) is 43.4 Å². The molecule has 27 heavy (non-hydrogen) atoms. The van der Waals surface area contributed by atoms with Gasteiger partial charge >= 0.3 is 0 Å². The van der Waals surface area contributed by atoms with Crippen LogP contribution < -0.4 is 0 Å². The normalized spacial score (nSPS) is 11.7. The molecule has 0 unspecified atom stereocenters. The first-order valence-electron chi connectivity index (χ1n) is 8.62. The van der Waals surface area contributed by atoms with Gasteiger partial charge in [0.1, 0.15) is 0 Å². The Labute approximate surface area is 154 Å². The fourth-order valence-electron chi connectivity index (χ4n) is 4.02. The van der Waals surface area contributed by atoms with Crippen molar-refractivity contribution in [3.8, 4) is 34.1 Å². The van der Waals surface area contributed by atoms with Crippen molar-refractivity contribution in [3.05, 3.63) is 60.2 Å². The van der Waals surface area contributed by atoms with Gasteiger partial charge in [0.25, 0.3) is 0 Å². The van der Waals surface area contributed by atoms with E-state index < -0.39 is 23.0 Å². The van der Waals surface area contributed by atoms with Gasteiger partial charge in [-0.1, -0.05) is 54.6 Å². The first-order valence-corrected chi connectivity index (χ1v) is 8.62. The van der Waals surface area contributed by atoms with Crippen LogP contribution >= 0.6 is 0 Å². The molecule has 4 N–H and O–H groups in total. The molecule has 132 valence electrons. The van der Waals surface area contributed by atoms with Gasteiger partial charge < -0.3 is 20.4 Å². The second kappa shape index (κ2) is 5.17. The van der Waals surface area contributed by atoms with E-state index in [0.717, 1.165) is 32.3 Å². The monoisotopic (exact) mass is 356 g/mol. The fraction of sp³-hybridized carbons (Fsp3) is 0.0435. The highest BCUT2D eigenvalue weighted by molar-refractivity contribution is 6.25. The van der Waals surface area contributed by atoms with Gasteiger partial charge in [0.05, 0.1) is 5.56 Å². The zero-order chi connectivity index (χ0) is 18.9. The summed E-state index contributed by atoms with van der Waals surface area (Å²) in [6, 6.07) is 17.8. The Morgan fingerprint density at radius 3 is 1.70 bits per heavy atom. The number of benzene rings is 5. The lowest BCUT2D eigenvalue weighted by Crippen LogP contribution is -1.90. The summed E-state index contributed by atoms with van der Waals surface area (Å²) >= 11 is 0. The van der Waals surface area contributed by atoms with Crippen LogP contribution in [0.4, 0.5) is 0 Å². The number of aromatic hydroxyl groups is 4. The van der Waals surface area contributed by atoms with E-state index in [9.17, 15) is 20.4 Å². The van der Waals surface area contributed by atoms with E-state index in [-0.39, 0.29) is 11.1 Å². The molecule has 4 heteroatoms. The molecule has 0 aliphatic carbocycles. The van der Waals surface area contributed by atoms with Crippen molar-refractivity contribution in [1.82, 2.24) is 0 Å². The summed E-state index contributed by atoms with van der Waals surface area (Å²) in [5.74, 6) is -1.77. The highest BCUT2D eigenvalue weighted by Crippen LogP contribution is 2.52. The molecular formula is C23H16O4. The molecule has 0 saturated carbocycles. The average molecular weight is 356 g/mol. The summed E-state index contributed by atoms with van der Waals surface area (Å²) in [5, 5.41) is 47.6. The number of hydrogen-bond donors (Lipinski definition) is 4. The molecule has 0 aliphatic heterocycles. The molecule has 4 nitrogen and oxygen atoms in total. The number of rotatable bonds is 1. The van der Waals surface area contributed by atoms with E-state index in [1.165, 1.54) is 6.92 Å². The van der Waals surface area contributed by atoms with Crippen LogP contribution in [0.2, 0.25) is 0 Å². The number of phenolic OH excluding ortho intramolecular Hbond substituents is 4. The minimum atomic E-state index is -0.446. The predicted molar refractivity (Wildman–Crippen MR) is 107 cm³/mol. The largest absolute Gasteiger partial charge is 0.504 e. The molecule has 0 heterocycles. The molecule has 0 spiro atoms. The maximum absolute atomic E-state index is 10.5. The first kappa shape index (κ1) is 15.6. The Morgan fingerprint density at radius 1 is 0.556 bits per heavy atom. The van der Waals surface area contributed by atoms with Crippen LogP contribution in [0, 0.1) is 6.92 Å². The Balaban J connectivity index is 1.99. The van der Waals surface area contributed by atoms with Crippen LogP contribution in [0.1, 0.15) is 5.56 Å². The van der Waals surface area contributed by atoms with E-state index >= 15 is 0 Å². The average Bonchev–Trinajstić information content (AvgIpc) is 2.70. The van der Waals surface area contributed by atoms with E-state index in [2.05, 4.69) is 6.07 Å². The maximum Gasteiger partial charge on any atom is 0.169 e. The van der Waals surface area contributed by atoms with Gasteiger partial charge in [-0.15, -0.1) is 0 Å². The van der Waals surface area contributed by atoms with Crippen molar-refractivity contribution in [2.45, 2.75) is 6.92 Å². The van der Waals surface area contributed by atoms with Crippen LogP contribution in [0.3, 0.4) is 0 Å². The minimum absolute atomic E-state index is 0.0218. The van der Waals surface area contributed by atoms with E-state index in [4.69, 9.17) is 0 Å². The highest BCUT2D eigenvalue weighted by Gasteiger charge is 2.24. The van der Waals surface area contributed by atoms with Gasteiger partial charge in [-0.25, -0.2) is 0 Å². The molecule has 0 radical (unpaired) electrons. The van der Waals surface area contributed by atoms with Crippen molar-refractivity contribution in [2.24, 2.45) is 0 Å². The maximum atomic E-state index is 10.5. The SMILES string of the molecule is Cc1c(O)c(O)c(-c2ccc3ccc4cccc5ccc2c3c45)c(O)c1O.